The van der Waals surface area contributed by atoms with Gasteiger partial charge in [-0.3, -0.25) is 14.5 Å². The molecule has 0 aromatic heterocycles. The molecule has 0 saturated heterocycles. The molecule has 2 aromatic rings. The van der Waals surface area contributed by atoms with Crippen molar-refractivity contribution >= 4 is 27.3 Å². The van der Waals surface area contributed by atoms with Crippen LogP contribution in [-0.2, 0) is 9.84 Å². The van der Waals surface area contributed by atoms with Crippen LogP contribution in [0, 0.1) is 0 Å². The topological polar surface area (TPSA) is 138 Å². The molecule has 3 rings (SSSR count). The number of hydrogen-bond donors (Lipinski definition) is 3. The van der Waals surface area contributed by atoms with Gasteiger partial charge < -0.3 is 15.9 Å². The number of amides is 2. The monoisotopic (exact) mass is 376 g/mol. The van der Waals surface area contributed by atoms with E-state index >= 15 is 0 Å². The molecule has 0 bridgehead atoms. The van der Waals surface area contributed by atoms with Gasteiger partial charge in [0.25, 0.3) is 11.8 Å². The van der Waals surface area contributed by atoms with E-state index in [1.807, 2.05) is 0 Å². The number of nitrogen functional groups attached to an aromatic ring is 1. The molecule has 2 amide bonds. The molecule has 0 fully saturated rings. The summed E-state index contributed by atoms with van der Waals surface area (Å²) >= 11 is 0. The normalized spacial score (nSPS) is 15.2. The van der Waals surface area contributed by atoms with Crippen molar-refractivity contribution in [3.8, 4) is 11.5 Å². The molecule has 26 heavy (non-hydrogen) atoms. The SMILES string of the molecule is CS(=O)(=O)C(CN1C(=O)c2cccc(N)c2C1=O)c1ccc(O)c(O)c1. The van der Waals surface area contributed by atoms with E-state index in [1.54, 1.807) is 0 Å². The van der Waals surface area contributed by atoms with Crippen molar-refractivity contribution in [3.63, 3.8) is 0 Å². The maximum Gasteiger partial charge on any atom is 0.263 e. The number of nitrogens with two attached hydrogens (primary N) is 1. The number of nitrogens with zero attached hydrogens (tertiary/aromatic N) is 1. The van der Waals surface area contributed by atoms with E-state index in [9.17, 15) is 28.2 Å². The summed E-state index contributed by atoms with van der Waals surface area (Å²) in [6, 6.07) is 8.02. The lowest BCUT2D eigenvalue weighted by Gasteiger charge is -2.22. The van der Waals surface area contributed by atoms with Gasteiger partial charge in [-0.05, 0) is 29.8 Å². The third-order valence-corrected chi connectivity index (χ3v) is 5.72. The molecule has 1 heterocycles. The van der Waals surface area contributed by atoms with Crippen molar-refractivity contribution in [2.45, 2.75) is 5.25 Å². The van der Waals surface area contributed by atoms with Crippen molar-refractivity contribution < 1.29 is 28.2 Å². The third-order valence-electron chi connectivity index (χ3n) is 4.27. The van der Waals surface area contributed by atoms with Gasteiger partial charge in [-0.2, -0.15) is 0 Å². The van der Waals surface area contributed by atoms with Crippen molar-refractivity contribution in [2.24, 2.45) is 0 Å². The van der Waals surface area contributed by atoms with Gasteiger partial charge in [-0.15, -0.1) is 0 Å². The number of sulfone groups is 1. The Hall–Kier alpha value is -3.07. The highest BCUT2D eigenvalue weighted by atomic mass is 32.2. The number of carbonyl (C=O) groups is 2. The van der Waals surface area contributed by atoms with Crippen LogP contribution in [-0.4, -0.2) is 48.1 Å². The number of fused-ring (bicyclic) bond motifs is 1. The summed E-state index contributed by atoms with van der Waals surface area (Å²) in [4.78, 5) is 26.0. The van der Waals surface area contributed by atoms with E-state index in [-0.39, 0.29) is 22.4 Å². The zero-order valence-electron chi connectivity index (χ0n) is 13.7. The minimum Gasteiger partial charge on any atom is -0.504 e. The second-order valence-electron chi connectivity index (χ2n) is 6.06. The molecule has 0 radical (unpaired) electrons. The smallest absolute Gasteiger partial charge is 0.263 e. The summed E-state index contributed by atoms with van der Waals surface area (Å²) in [6.07, 6.45) is 0.966. The Kier molecular flexibility index (Phi) is 4.11. The zero-order chi connectivity index (χ0) is 19.2. The Bertz CT molecular complexity index is 1030. The molecule has 1 aliphatic heterocycles. The summed E-state index contributed by atoms with van der Waals surface area (Å²) in [6.45, 7) is -0.436. The van der Waals surface area contributed by atoms with Gasteiger partial charge in [0.2, 0.25) is 0 Å². The first-order valence-corrected chi connectivity index (χ1v) is 9.52. The van der Waals surface area contributed by atoms with Crippen LogP contribution in [0.25, 0.3) is 0 Å². The molecule has 4 N–H and O–H groups in total. The molecule has 1 atom stereocenters. The zero-order valence-corrected chi connectivity index (χ0v) is 14.5. The van der Waals surface area contributed by atoms with E-state index in [0.29, 0.717) is 0 Å². The van der Waals surface area contributed by atoms with Crippen LogP contribution in [0.15, 0.2) is 36.4 Å². The quantitative estimate of drug-likeness (QED) is 0.412. The summed E-state index contributed by atoms with van der Waals surface area (Å²) in [5, 5.41) is 17.8. The van der Waals surface area contributed by atoms with Crippen LogP contribution in [0.1, 0.15) is 31.5 Å². The minimum atomic E-state index is -3.75. The predicted molar refractivity (Wildman–Crippen MR) is 93.6 cm³/mol. The van der Waals surface area contributed by atoms with Crippen LogP contribution >= 0.6 is 0 Å². The Morgan fingerprint density at radius 1 is 1.08 bits per heavy atom. The number of phenols is 2. The summed E-state index contributed by atoms with van der Waals surface area (Å²) < 4.78 is 24.5. The number of anilines is 1. The number of imide groups is 1. The fourth-order valence-corrected chi connectivity index (χ4v) is 3.98. The number of rotatable bonds is 4. The number of aromatic hydroxyl groups is 2. The van der Waals surface area contributed by atoms with Crippen LogP contribution in [0.3, 0.4) is 0 Å². The minimum absolute atomic E-state index is 0.0540. The Morgan fingerprint density at radius 2 is 1.77 bits per heavy atom. The molecular weight excluding hydrogens is 360 g/mol. The maximum absolute atomic E-state index is 12.6. The molecule has 9 heteroatoms. The van der Waals surface area contributed by atoms with Gasteiger partial charge in [0.15, 0.2) is 21.3 Å². The first-order valence-electron chi connectivity index (χ1n) is 7.56. The van der Waals surface area contributed by atoms with Crippen molar-refractivity contribution in [1.29, 1.82) is 0 Å². The van der Waals surface area contributed by atoms with E-state index in [4.69, 9.17) is 5.73 Å². The fourth-order valence-electron chi connectivity index (χ4n) is 2.92. The highest BCUT2D eigenvalue weighted by molar-refractivity contribution is 7.91. The molecule has 0 spiro atoms. The standard InChI is InChI=1S/C17H16N2O6S/c1-26(24,25)14(9-5-6-12(20)13(21)7-9)8-19-16(22)10-3-2-4-11(18)15(10)17(19)23/h2-7,14,20-21H,8,18H2,1H3. The Balaban J connectivity index is 2.02. The molecular formula is C17H16N2O6S. The summed E-state index contributed by atoms with van der Waals surface area (Å²) in [5.74, 6) is -2.20. The molecule has 1 unspecified atom stereocenters. The van der Waals surface area contributed by atoms with Crippen LogP contribution in [0.2, 0.25) is 0 Å². The van der Waals surface area contributed by atoms with E-state index in [1.165, 1.54) is 24.3 Å². The molecule has 2 aromatic carbocycles. The Labute approximate surface area is 149 Å². The van der Waals surface area contributed by atoms with Gasteiger partial charge in [-0.25, -0.2) is 8.42 Å². The molecule has 8 nitrogen and oxygen atoms in total. The molecule has 0 saturated carbocycles. The fraction of sp³-hybridized carbons (Fsp3) is 0.176. The molecule has 1 aliphatic rings. The molecule has 136 valence electrons. The van der Waals surface area contributed by atoms with Gasteiger partial charge in [0, 0.05) is 11.9 Å². The maximum atomic E-state index is 12.6. The number of benzene rings is 2. The van der Waals surface area contributed by atoms with Gasteiger partial charge in [-0.1, -0.05) is 12.1 Å². The Morgan fingerprint density at radius 3 is 2.35 bits per heavy atom. The summed E-state index contributed by atoms with van der Waals surface area (Å²) in [5.41, 5.74) is 6.23. The lowest BCUT2D eigenvalue weighted by Crippen LogP contribution is -2.36. The lowest BCUT2D eigenvalue weighted by molar-refractivity contribution is 0.0654. The first-order chi connectivity index (χ1) is 12.1. The second-order valence-corrected chi connectivity index (χ2v) is 8.29. The second kappa shape index (κ2) is 6.03. The third kappa shape index (κ3) is 2.86. The number of phenolic OH excluding ortho intramolecular Hbond substituents is 2. The van der Waals surface area contributed by atoms with Crippen LogP contribution in [0.4, 0.5) is 5.69 Å². The highest BCUT2D eigenvalue weighted by Crippen LogP contribution is 2.34. The van der Waals surface area contributed by atoms with E-state index in [2.05, 4.69) is 0 Å². The molecule has 0 aliphatic carbocycles. The number of hydrogen-bond acceptors (Lipinski definition) is 7. The van der Waals surface area contributed by atoms with Gasteiger partial charge in [0.1, 0.15) is 5.25 Å². The largest absolute Gasteiger partial charge is 0.504 e. The van der Waals surface area contributed by atoms with Crippen molar-refractivity contribution in [1.82, 2.24) is 4.90 Å². The first kappa shape index (κ1) is 17.7. The lowest BCUT2D eigenvalue weighted by atomic mass is 10.1. The summed E-state index contributed by atoms with van der Waals surface area (Å²) in [7, 11) is -3.75. The van der Waals surface area contributed by atoms with E-state index in [0.717, 1.165) is 23.3 Å². The number of carbonyl (C=O) groups excluding carboxylic acids is 2. The van der Waals surface area contributed by atoms with Crippen LogP contribution in [0.5, 0.6) is 11.5 Å². The average molecular weight is 376 g/mol. The van der Waals surface area contributed by atoms with Crippen LogP contribution < -0.4 is 5.73 Å². The highest BCUT2D eigenvalue weighted by Gasteiger charge is 2.40. The predicted octanol–water partition coefficient (Wildman–Crippen LogP) is 1.06. The van der Waals surface area contributed by atoms with Gasteiger partial charge in [0.05, 0.1) is 17.7 Å². The van der Waals surface area contributed by atoms with E-state index < -0.39 is 44.9 Å². The van der Waals surface area contributed by atoms with Crippen molar-refractivity contribution in [3.05, 3.63) is 53.1 Å². The van der Waals surface area contributed by atoms with Gasteiger partial charge >= 0.3 is 0 Å². The van der Waals surface area contributed by atoms with Crippen molar-refractivity contribution in [2.75, 3.05) is 18.5 Å². The average Bonchev–Trinajstić information content (AvgIpc) is 2.79.